The molecular weight excluding hydrogens is 190 g/mol. The van der Waals surface area contributed by atoms with E-state index in [0.717, 1.165) is 25.9 Å². The van der Waals surface area contributed by atoms with Gasteiger partial charge in [0.1, 0.15) is 0 Å². The van der Waals surface area contributed by atoms with Gasteiger partial charge >= 0.3 is 5.97 Å². The molecule has 3 heteroatoms. The standard InChI is InChI=1S/C12H21NO2/c1-8(2)13-6-9-3-10(7-13)5-11(4-9)12(14)15/h8-11H,3-7H2,1-2H3,(H,14,15). The van der Waals surface area contributed by atoms with Crippen LogP contribution < -0.4 is 0 Å². The Bertz CT molecular complexity index is 238. The maximum absolute atomic E-state index is 11.0. The molecular formula is C12H21NO2. The number of carbonyl (C=O) groups is 1. The van der Waals surface area contributed by atoms with Crippen LogP contribution in [0.2, 0.25) is 0 Å². The molecule has 1 heterocycles. The minimum atomic E-state index is -0.581. The van der Waals surface area contributed by atoms with E-state index in [-0.39, 0.29) is 5.92 Å². The molecule has 2 unspecified atom stereocenters. The summed E-state index contributed by atoms with van der Waals surface area (Å²) in [5.74, 6) is 0.604. The summed E-state index contributed by atoms with van der Waals surface area (Å²) in [5.41, 5.74) is 0. The van der Waals surface area contributed by atoms with Gasteiger partial charge in [0.25, 0.3) is 0 Å². The summed E-state index contributed by atoms with van der Waals surface area (Å²) >= 11 is 0. The van der Waals surface area contributed by atoms with Crippen LogP contribution in [-0.2, 0) is 4.79 Å². The highest BCUT2D eigenvalue weighted by Gasteiger charge is 2.38. The Balaban J connectivity index is 1.99. The van der Waals surface area contributed by atoms with E-state index in [1.54, 1.807) is 0 Å². The monoisotopic (exact) mass is 211 g/mol. The molecule has 2 aliphatic rings. The largest absolute Gasteiger partial charge is 0.481 e. The number of carboxylic acid groups (broad SMARTS) is 1. The number of hydrogen-bond donors (Lipinski definition) is 1. The molecule has 1 saturated carbocycles. The van der Waals surface area contributed by atoms with Crippen molar-refractivity contribution in [2.75, 3.05) is 13.1 Å². The number of hydrogen-bond acceptors (Lipinski definition) is 2. The van der Waals surface area contributed by atoms with Crippen LogP contribution >= 0.6 is 0 Å². The van der Waals surface area contributed by atoms with Crippen LogP contribution in [0.5, 0.6) is 0 Å². The van der Waals surface area contributed by atoms with Gasteiger partial charge in [-0.3, -0.25) is 4.79 Å². The van der Waals surface area contributed by atoms with E-state index >= 15 is 0 Å². The molecule has 2 rings (SSSR count). The number of piperidine rings is 1. The van der Waals surface area contributed by atoms with Gasteiger partial charge in [-0.2, -0.15) is 0 Å². The molecule has 1 aliphatic carbocycles. The van der Waals surface area contributed by atoms with E-state index in [0.29, 0.717) is 17.9 Å². The lowest BCUT2D eigenvalue weighted by molar-refractivity contribution is -0.145. The van der Waals surface area contributed by atoms with E-state index < -0.39 is 5.97 Å². The Labute approximate surface area is 91.5 Å². The fourth-order valence-corrected chi connectivity index (χ4v) is 3.22. The van der Waals surface area contributed by atoms with E-state index in [2.05, 4.69) is 18.7 Å². The third kappa shape index (κ3) is 2.33. The SMILES string of the molecule is CC(C)N1CC2CC(CC(C(=O)O)C2)C1. The first-order valence-electron chi connectivity index (χ1n) is 6.03. The zero-order chi connectivity index (χ0) is 11.0. The molecule has 1 saturated heterocycles. The molecule has 86 valence electrons. The third-order valence-corrected chi connectivity index (χ3v) is 3.97. The minimum absolute atomic E-state index is 0.0666. The van der Waals surface area contributed by atoms with Crippen molar-refractivity contribution in [2.45, 2.75) is 39.2 Å². The molecule has 0 spiro atoms. The van der Waals surface area contributed by atoms with Crippen molar-refractivity contribution in [3.05, 3.63) is 0 Å². The fourth-order valence-electron chi connectivity index (χ4n) is 3.22. The first-order chi connectivity index (χ1) is 7.06. The Morgan fingerprint density at radius 3 is 2.13 bits per heavy atom. The summed E-state index contributed by atoms with van der Waals surface area (Å²) in [4.78, 5) is 13.5. The summed E-state index contributed by atoms with van der Waals surface area (Å²) in [7, 11) is 0. The molecule has 2 atom stereocenters. The zero-order valence-corrected chi connectivity index (χ0v) is 9.65. The molecule has 0 aromatic heterocycles. The van der Waals surface area contributed by atoms with Crippen LogP contribution in [0.15, 0.2) is 0 Å². The number of aliphatic carboxylic acids is 1. The van der Waals surface area contributed by atoms with Gasteiger partial charge in [-0.25, -0.2) is 0 Å². The quantitative estimate of drug-likeness (QED) is 0.757. The van der Waals surface area contributed by atoms with Gasteiger partial charge in [0.15, 0.2) is 0 Å². The molecule has 0 aromatic rings. The maximum atomic E-state index is 11.0. The second kappa shape index (κ2) is 4.12. The molecule has 0 amide bonds. The minimum Gasteiger partial charge on any atom is -0.481 e. The normalized spacial score (nSPS) is 36.9. The molecule has 3 nitrogen and oxygen atoms in total. The van der Waals surface area contributed by atoms with Gasteiger partial charge in [0.2, 0.25) is 0 Å². The summed E-state index contributed by atoms with van der Waals surface area (Å²) in [6.07, 6.45) is 3.05. The molecule has 2 fully saturated rings. The molecule has 0 aromatic carbocycles. The van der Waals surface area contributed by atoms with Crippen molar-refractivity contribution in [3.8, 4) is 0 Å². The lowest BCUT2D eigenvalue weighted by Gasteiger charge is -2.44. The van der Waals surface area contributed by atoms with Crippen molar-refractivity contribution in [3.63, 3.8) is 0 Å². The highest BCUT2D eigenvalue weighted by molar-refractivity contribution is 5.70. The molecule has 15 heavy (non-hydrogen) atoms. The van der Waals surface area contributed by atoms with Gasteiger partial charge in [-0.1, -0.05) is 0 Å². The highest BCUT2D eigenvalue weighted by Crippen LogP contribution is 2.38. The smallest absolute Gasteiger partial charge is 0.306 e. The van der Waals surface area contributed by atoms with E-state index in [4.69, 9.17) is 5.11 Å². The van der Waals surface area contributed by atoms with Crippen LogP contribution in [0, 0.1) is 17.8 Å². The van der Waals surface area contributed by atoms with Crippen LogP contribution in [0.25, 0.3) is 0 Å². The van der Waals surface area contributed by atoms with Gasteiger partial charge in [-0.05, 0) is 44.9 Å². The topological polar surface area (TPSA) is 40.5 Å². The third-order valence-electron chi connectivity index (χ3n) is 3.97. The summed E-state index contributed by atoms with van der Waals surface area (Å²) < 4.78 is 0. The Kier molecular flexibility index (Phi) is 3.01. The number of carboxylic acids is 1. The average Bonchev–Trinajstić information content (AvgIpc) is 2.15. The molecule has 2 bridgehead atoms. The molecule has 0 radical (unpaired) electrons. The predicted octanol–water partition coefficient (Wildman–Crippen LogP) is 1.83. The maximum Gasteiger partial charge on any atom is 0.306 e. The number of fused-ring (bicyclic) bond motifs is 2. The summed E-state index contributed by atoms with van der Waals surface area (Å²) in [6.45, 7) is 6.68. The second-order valence-electron chi connectivity index (χ2n) is 5.52. The zero-order valence-electron chi connectivity index (χ0n) is 9.65. The molecule has 1 N–H and O–H groups in total. The molecule has 1 aliphatic heterocycles. The number of nitrogens with zero attached hydrogens (tertiary/aromatic N) is 1. The van der Waals surface area contributed by atoms with Crippen LogP contribution in [-0.4, -0.2) is 35.1 Å². The van der Waals surface area contributed by atoms with E-state index in [1.807, 2.05) is 0 Å². The first-order valence-corrected chi connectivity index (χ1v) is 6.03. The van der Waals surface area contributed by atoms with E-state index in [1.165, 1.54) is 6.42 Å². The Hall–Kier alpha value is -0.570. The van der Waals surface area contributed by atoms with Crippen molar-refractivity contribution < 1.29 is 9.90 Å². The van der Waals surface area contributed by atoms with Crippen molar-refractivity contribution in [1.29, 1.82) is 0 Å². The van der Waals surface area contributed by atoms with Gasteiger partial charge in [-0.15, -0.1) is 0 Å². The number of rotatable bonds is 2. The lowest BCUT2D eigenvalue weighted by atomic mass is 9.72. The average molecular weight is 211 g/mol. The van der Waals surface area contributed by atoms with Crippen molar-refractivity contribution >= 4 is 5.97 Å². The van der Waals surface area contributed by atoms with Gasteiger partial charge < -0.3 is 10.0 Å². The Morgan fingerprint density at radius 1 is 1.20 bits per heavy atom. The lowest BCUT2D eigenvalue weighted by Crippen LogP contribution is -2.48. The van der Waals surface area contributed by atoms with Gasteiger partial charge in [0, 0.05) is 19.1 Å². The number of likely N-dealkylation sites (tertiary alicyclic amines) is 1. The fraction of sp³-hybridized carbons (Fsp3) is 0.917. The summed E-state index contributed by atoms with van der Waals surface area (Å²) in [6, 6.07) is 0.608. The first kappa shape index (κ1) is 10.9. The van der Waals surface area contributed by atoms with Crippen molar-refractivity contribution in [1.82, 2.24) is 4.90 Å². The van der Waals surface area contributed by atoms with Gasteiger partial charge in [0.05, 0.1) is 5.92 Å². The predicted molar refractivity (Wildman–Crippen MR) is 58.7 cm³/mol. The van der Waals surface area contributed by atoms with Crippen LogP contribution in [0.3, 0.4) is 0 Å². The highest BCUT2D eigenvalue weighted by atomic mass is 16.4. The van der Waals surface area contributed by atoms with Crippen LogP contribution in [0.4, 0.5) is 0 Å². The van der Waals surface area contributed by atoms with Crippen molar-refractivity contribution in [2.24, 2.45) is 17.8 Å². The Morgan fingerprint density at radius 2 is 1.73 bits per heavy atom. The van der Waals surface area contributed by atoms with Crippen LogP contribution in [0.1, 0.15) is 33.1 Å². The second-order valence-corrected chi connectivity index (χ2v) is 5.52. The van der Waals surface area contributed by atoms with E-state index in [9.17, 15) is 4.79 Å². The summed E-state index contributed by atoms with van der Waals surface area (Å²) in [5, 5.41) is 9.05.